The summed E-state index contributed by atoms with van der Waals surface area (Å²) in [5.41, 5.74) is 4.37. The van der Waals surface area contributed by atoms with Gasteiger partial charge in [0.2, 0.25) is 0 Å². The number of piperazine rings is 1. The maximum atomic E-state index is 12.6. The fourth-order valence-electron chi connectivity index (χ4n) is 3.91. The van der Waals surface area contributed by atoms with Gasteiger partial charge in [0.15, 0.2) is 12.4 Å². The minimum Gasteiger partial charge on any atom is -0.483 e. The van der Waals surface area contributed by atoms with Crippen molar-refractivity contribution in [3.05, 3.63) is 71.8 Å². The van der Waals surface area contributed by atoms with Crippen LogP contribution in [0.1, 0.15) is 25.0 Å². The number of hydrogen-bond donors (Lipinski definition) is 0. The third-order valence-corrected chi connectivity index (χ3v) is 5.97. The molecule has 1 fully saturated rings. The summed E-state index contributed by atoms with van der Waals surface area (Å²) < 4.78 is 5.80. The van der Waals surface area contributed by atoms with Crippen molar-refractivity contribution in [2.24, 2.45) is 0 Å². The molecule has 0 spiro atoms. The van der Waals surface area contributed by atoms with Gasteiger partial charge in [-0.2, -0.15) is 0 Å². The molecule has 0 aliphatic carbocycles. The molecule has 0 unspecified atom stereocenters. The largest absolute Gasteiger partial charge is 0.483 e. The van der Waals surface area contributed by atoms with Crippen LogP contribution in [0.15, 0.2) is 60.7 Å². The Morgan fingerprint density at radius 1 is 0.875 bits per heavy atom. The van der Waals surface area contributed by atoms with Crippen LogP contribution in [0.5, 0.6) is 5.75 Å². The summed E-state index contributed by atoms with van der Waals surface area (Å²) in [6, 6.07) is 20.3. The van der Waals surface area contributed by atoms with Gasteiger partial charge in [0.05, 0.1) is 5.69 Å². The molecule has 2 aromatic carbocycles. The molecule has 0 N–H and O–H groups in total. The number of ether oxygens (including phenoxy) is 1. The third kappa shape index (κ3) is 5.07. The van der Waals surface area contributed by atoms with Crippen LogP contribution in [-0.2, 0) is 17.6 Å². The first-order chi connectivity index (χ1) is 15.7. The molecule has 1 aliphatic rings. The van der Waals surface area contributed by atoms with E-state index in [0.29, 0.717) is 13.1 Å². The summed E-state index contributed by atoms with van der Waals surface area (Å²) in [5.74, 6) is 1.66. The number of aryl methyl sites for hydroxylation is 2. The van der Waals surface area contributed by atoms with Gasteiger partial charge in [-0.1, -0.05) is 56.3 Å². The molecular formula is C26H30N4O2. The minimum absolute atomic E-state index is 0.0208. The quantitative estimate of drug-likeness (QED) is 0.567. The van der Waals surface area contributed by atoms with Gasteiger partial charge in [0, 0.05) is 31.7 Å². The van der Waals surface area contributed by atoms with Gasteiger partial charge in [-0.05, 0) is 42.2 Å². The molecule has 2 heterocycles. The van der Waals surface area contributed by atoms with Crippen LogP contribution >= 0.6 is 0 Å². The maximum absolute atomic E-state index is 12.6. The molecule has 1 amide bonds. The predicted octanol–water partition coefficient (Wildman–Crippen LogP) is 4.00. The van der Waals surface area contributed by atoms with E-state index in [1.807, 2.05) is 41.3 Å². The first kappa shape index (κ1) is 21.8. The van der Waals surface area contributed by atoms with Gasteiger partial charge < -0.3 is 14.5 Å². The number of anilines is 1. The topological polar surface area (TPSA) is 58.6 Å². The molecule has 6 heteroatoms. The summed E-state index contributed by atoms with van der Waals surface area (Å²) >= 11 is 0. The van der Waals surface area contributed by atoms with Gasteiger partial charge in [0.25, 0.3) is 5.91 Å². The van der Waals surface area contributed by atoms with E-state index in [1.165, 1.54) is 5.56 Å². The molecule has 4 rings (SSSR count). The molecule has 0 atom stereocenters. The van der Waals surface area contributed by atoms with Crippen molar-refractivity contribution in [2.75, 3.05) is 37.7 Å². The lowest BCUT2D eigenvalue weighted by Crippen LogP contribution is -2.50. The van der Waals surface area contributed by atoms with E-state index in [1.54, 1.807) is 0 Å². The Hall–Kier alpha value is -3.41. The lowest BCUT2D eigenvalue weighted by molar-refractivity contribution is -0.133. The molecule has 3 aromatic rings. The number of hydrogen-bond acceptors (Lipinski definition) is 5. The van der Waals surface area contributed by atoms with Crippen molar-refractivity contribution in [2.45, 2.75) is 26.7 Å². The number of para-hydroxylation sites is 1. The Balaban J connectivity index is 1.29. The SMILES string of the molecule is CCc1ccc(-c2ccc(N3CCN(C(=O)COc4ccccc4CC)CC3)nn2)cc1. The number of amides is 1. The molecule has 166 valence electrons. The highest BCUT2D eigenvalue weighted by molar-refractivity contribution is 5.78. The van der Waals surface area contributed by atoms with Crippen LogP contribution in [0.4, 0.5) is 5.82 Å². The standard InChI is InChI=1S/C26H30N4O2/c1-3-20-9-11-22(12-10-20)23-13-14-25(28-27-23)29-15-17-30(18-16-29)26(31)19-32-24-8-6-5-7-21(24)4-2/h5-14H,3-4,15-19H2,1-2H3. The van der Waals surface area contributed by atoms with Crippen LogP contribution in [0.2, 0.25) is 0 Å². The summed E-state index contributed by atoms with van der Waals surface area (Å²) in [7, 11) is 0. The second kappa shape index (κ2) is 10.3. The molecular weight excluding hydrogens is 400 g/mol. The van der Waals surface area contributed by atoms with E-state index >= 15 is 0 Å². The van der Waals surface area contributed by atoms with Crippen LogP contribution < -0.4 is 9.64 Å². The van der Waals surface area contributed by atoms with Crippen molar-refractivity contribution in [3.8, 4) is 17.0 Å². The molecule has 0 saturated carbocycles. The maximum Gasteiger partial charge on any atom is 0.260 e. The average Bonchev–Trinajstić information content (AvgIpc) is 2.87. The Labute approximate surface area is 189 Å². The zero-order chi connectivity index (χ0) is 22.3. The summed E-state index contributed by atoms with van der Waals surface area (Å²) in [4.78, 5) is 16.7. The normalized spacial score (nSPS) is 13.8. The second-order valence-electron chi connectivity index (χ2n) is 7.95. The second-order valence-corrected chi connectivity index (χ2v) is 7.95. The summed E-state index contributed by atoms with van der Waals surface area (Å²) in [6.45, 7) is 7.07. The highest BCUT2D eigenvalue weighted by Gasteiger charge is 2.22. The van der Waals surface area contributed by atoms with Gasteiger partial charge in [-0.25, -0.2) is 0 Å². The molecule has 1 aromatic heterocycles. The Morgan fingerprint density at radius 2 is 1.62 bits per heavy atom. The van der Waals surface area contributed by atoms with Crippen LogP contribution in [0.25, 0.3) is 11.3 Å². The van der Waals surface area contributed by atoms with E-state index in [9.17, 15) is 4.79 Å². The van der Waals surface area contributed by atoms with Crippen LogP contribution in [-0.4, -0.2) is 53.8 Å². The van der Waals surface area contributed by atoms with Gasteiger partial charge in [0.1, 0.15) is 5.75 Å². The van der Waals surface area contributed by atoms with Gasteiger partial charge >= 0.3 is 0 Å². The molecule has 0 radical (unpaired) electrons. The van der Waals surface area contributed by atoms with Crippen molar-refractivity contribution in [1.82, 2.24) is 15.1 Å². The molecule has 32 heavy (non-hydrogen) atoms. The first-order valence-corrected chi connectivity index (χ1v) is 11.3. The van der Waals surface area contributed by atoms with Crippen molar-refractivity contribution >= 4 is 11.7 Å². The highest BCUT2D eigenvalue weighted by Crippen LogP contribution is 2.21. The fourth-order valence-corrected chi connectivity index (χ4v) is 3.91. The minimum atomic E-state index is 0.0208. The molecule has 1 saturated heterocycles. The zero-order valence-corrected chi connectivity index (χ0v) is 18.8. The number of rotatable bonds is 7. The highest BCUT2D eigenvalue weighted by atomic mass is 16.5. The Bertz CT molecular complexity index is 1030. The number of benzene rings is 2. The monoisotopic (exact) mass is 430 g/mol. The molecule has 6 nitrogen and oxygen atoms in total. The van der Waals surface area contributed by atoms with E-state index in [0.717, 1.165) is 54.3 Å². The summed E-state index contributed by atoms with van der Waals surface area (Å²) in [6.07, 6.45) is 1.91. The molecule has 1 aliphatic heterocycles. The van der Waals surface area contributed by atoms with Crippen molar-refractivity contribution < 1.29 is 9.53 Å². The average molecular weight is 431 g/mol. The number of nitrogens with zero attached hydrogens (tertiary/aromatic N) is 4. The van der Waals surface area contributed by atoms with Gasteiger partial charge in [-0.15, -0.1) is 10.2 Å². The smallest absolute Gasteiger partial charge is 0.260 e. The van der Waals surface area contributed by atoms with Crippen LogP contribution in [0.3, 0.4) is 0 Å². The Morgan fingerprint density at radius 3 is 2.28 bits per heavy atom. The fraction of sp³-hybridized carbons (Fsp3) is 0.346. The summed E-state index contributed by atoms with van der Waals surface area (Å²) in [5, 5.41) is 8.85. The van der Waals surface area contributed by atoms with E-state index in [-0.39, 0.29) is 12.5 Å². The lowest BCUT2D eigenvalue weighted by Gasteiger charge is -2.35. The van der Waals surface area contributed by atoms with E-state index in [2.05, 4.69) is 53.2 Å². The third-order valence-electron chi connectivity index (χ3n) is 5.97. The van der Waals surface area contributed by atoms with E-state index < -0.39 is 0 Å². The van der Waals surface area contributed by atoms with Crippen LogP contribution in [0, 0.1) is 0 Å². The van der Waals surface area contributed by atoms with E-state index in [4.69, 9.17) is 4.74 Å². The predicted molar refractivity (Wildman–Crippen MR) is 127 cm³/mol. The lowest BCUT2D eigenvalue weighted by atomic mass is 10.1. The number of carbonyl (C=O) groups is 1. The van der Waals surface area contributed by atoms with Gasteiger partial charge in [-0.3, -0.25) is 4.79 Å². The number of carbonyl (C=O) groups excluding carboxylic acids is 1. The van der Waals surface area contributed by atoms with Crippen molar-refractivity contribution in [1.29, 1.82) is 0 Å². The van der Waals surface area contributed by atoms with Crippen molar-refractivity contribution in [3.63, 3.8) is 0 Å². The number of aromatic nitrogens is 2. The molecule has 0 bridgehead atoms. The zero-order valence-electron chi connectivity index (χ0n) is 18.8. The Kier molecular flexibility index (Phi) is 7.00. The first-order valence-electron chi connectivity index (χ1n) is 11.3.